The van der Waals surface area contributed by atoms with E-state index in [0.29, 0.717) is 25.4 Å². The zero-order chi connectivity index (χ0) is 26.0. The number of Topliss-reactive ketones (excluding diaryl/α,β-unsaturated/α-hetero) is 1. The Hall–Kier alpha value is -1.99. The molecule has 39 heavy (non-hydrogen) atoms. The molecule has 1 fully saturated rings. The third-order valence-corrected chi connectivity index (χ3v) is 7.81. The zero-order valence-electron chi connectivity index (χ0n) is 23.0. The second-order valence-electron chi connectivity index (χ2n) is 10.6. The van der Waals surface area contributed by atoms with Crippen LogP contribution in [0.15, 0.2) is 42.5 Å². The largest absolute Gasteiger partial charge is 0.466 e. The van der Waals surface area contributed by atoms with Crippen LogP contribution in [0.5, 0.6) is 0 Å². The molecule has 2 aromatic carbocycles. The van der Waals surface area contributed by atoms with Gasteiger partial charge in [0, 0.05) is 31.5 Å². The SMILES string of the molecule is CCOC(=O)CCCN1CCC(CCC(=O)c2ccc3c(c2)CN(Cc2ccc(F)cc2)CCC3)CC1.Cl.Cl. The second kappa shape index (κ2) is 17.0. The van der Waals surface area contributed by atoms with Gasteiger partial charge in [-0.25, -0.2) is 4.39 Å². The van der Waals surface area contributed by atoms with Gasteiger partial charge in [-0.15, -0.1) is 24.8 Å². The van der Waals surface area contributed by atoms with E-state index < -0.39 is 0 Å². The van der Waals surface area contributed by atoms with E-state index in [9.17, 15) is 14.0 Å². The third kappa shape index (κ3) is 10.5. The minimum atomic E-state index is -0.204. The molecule has 2 aliphatic heterocycles. The summed E-state index contributed by atoms with van der Waals surface area (Å²) < 4.78 is 18.3. The smallest absolute Gasteiger partial charge is 0.305 e. The number of hydrogen-bond acceptors (Lipinski definition) is 5. The molecule has 0 bridgehead atoms. The quantitative estimate of drug-likeness (QED) is 0.220. The van der Waals surface area contributed by atoms with Gasteiger partial charge in [0.1, 0.15) is 5.82 Å². The molecule has 1 saturated heterocycles. The summed E-state index contributed by atoms with van der Waals surface area (Å²) >= 11 is 0. The number of fused-ring (bicyclic) bond motifs is 1. The molecule has 0 amide bonds. The summed E-state index contributed by atoms with van der Waals surface area (Å²) in [6, 6.07) is 13.0. The van der Waals surface area contributed by atoms with E-state index in [2.05, 4.69) is 21.9 Å². The van der Waals surface area contributed by atoms with Crippen molar-refractivity contribution in [3.05, 3.63) is 70.5 Å². The van der Waals surface area contributed by atoms with Crippen molar-refractivity contribution in [1.29, 1.82) is 0 Å². The van der Waals surface area contributed by atoms with E-state index in [1.54, 1.807) is 0 Å². The number of hydrogen-bond donors (Lipinski definition) is 0. The molecule has 0 spiro atoms. The predicted molar refractivity (Wildman–Crippen MR) is 158 cm³/mol. The molecular weight excluding hydrogens is 538 g/mol. The Morgan fingerprint density at radius 2 is 1.69 bits per heavy atom. The Bertz CT molecular complexity index is 1040. The average molecular weight is 582 g/mol. The lowest BCUT2D eigenvalue weighted by Crippen LogP contribution is -2.34. The fourth-order valence-electron chi connectivity index (χ4n) is 5.64. The molecule has 0 aromatic heterocycles. The zero-order valence-corrected chi connectivity index (χ0v) is 24.7. The number of ether oxygens (including phenoxy) is 1. The Balaban J connectivity index is 0.00000267. The lowest BCUT2D eigenvalue weighted by molar-refractivity contribution is -0.143. The van der Waals surface area contributed by atoms with Gasteiger partial charge in [-0.05, 0) is 112 Å². The molecule has 0 atom stereocenters. The minimum Gasteiger partial charge on any atom is -0.466 e. The highest BCUT2D eigenvalue weighted by Gasteiger charge is 2.21. The van der Waals surface area contributed by atoms with Gasteiger partial charge >= 0.3 is 5.97 Å². The highest BCUT2D eigenvalue weighted by atomic mass is 35.5. The number of nitrogens with zero attached hydrogens (tertiary/aromatic N) is 2. The Morgan fingerprint density at radius 3 is 2.41 bits per heavy atom. The standard InChI is InChI=1S/C31H41FN2O3.2ClH/c1-2-37-31(36)6-4-17-33-19-15-24(16-20-33)9-14-30(35)27-11-10-26-5-3-18-34(23-28(26)21-27)22-25-7-12-29(32)13-8-25;;/h7-8,10-13,21,24H,2-6,9,14-20,22-23H2,1H3;2*1H. The molecule has 2 aromatic rings. The first-order chi connectivity index (χ1) is 18.0. The molecule has 0 aliphatic carbocycles. The third-order valence-electron chi connectivity index (χ3n) is 7.81. The normalized spacial score (nSPS) is 16.4. The maximum atomic E-state index is 13.3. The second-order valence-corrected chi connectivity index (χ2v) is 10.6. The Kier molecular flexibility index (Phi) is 14.4. The van der Waals surface area contributed by atoms with E-state index in [0.717, 1.165) is 88.9 Å². The van der Waals surface area contributed by atoms with Gasteiger partial charge in [0.15, 0.2) is 5.78 Å². The van der Waals surface area contributed by atoms with Crippen molar-refractivity contribution in [2.45, 2.75) is 71.4 Å². The van der Waals surface area contributed by atoms with Crippen molar-refractivity contribution in [2.75, 3.05) is 32.8 Å². The van der Waals surface area contributed by atoms with Crippen LogP contribution in [-0.4, -0.2) is 54.3 Å². The van der Waals surface area contributed by atoms with Gasteiger partial charge in [0.25, 0.3) is 0 Å². The number of likely N-dealkylation sites (tertiary alicyclic amines) is 1. The maximum Gasteiger partial charge on any atom is 0.305 e. The van der Waals surface area contributed by atoms with Crippen molar-refractivity contribution in [3.63, 3.8) is 0 Å². The van der Waals surface area contributed by atoms with E-state index in [1.165, 1.54) is 23.3 Å². The Labute approximate surface area is 245 Å². The number of piperidine rings is 1. The number of halogens is 3. The summed E-state index contributed by atoms with van der Waals surface area (Å²) in [7, 11) is 0. The van der Waals surface area contributed by atoms with Crippen LogP contribution in [0.4, 0.5) is 4.39 Å². The lowest BCUT2D eigenvalue weighted by Gasteiger charge is -2.31. The summed E-state index contributed by atoms with van der Waals surface area (Å²) in [6.45, 7) is 7.93. The molecule has 0 radical (unpaired) electrons. The van der Waals surface area contributed by atoms with Crippen LogP contribution in [0, 0.1) is 11.7 Å². The summed E-state index contributed by atoms with van der Waals surface area (Å²) in [5.41, 5.74) is 4.54. The molecule has 5 nitrogen and oxygen atoms in total. The molecule has 2 aliphatic rings. The number of carbonyl (C=O) groups is 2. The van der Waals surface area contributed by atoms with Gasteiger partial charge in [0.2, 0.25) is 0 Å². The van der Waals surface area contributed by atoms with Gasteiger partial charge < -0.3 is 9.64 Å². The highest BCUT2D eigenvalue weighted by molar-refractivity contribution is 5.96. The van der Waals surface area contributed by atoms with Crippen molar-refractivity contribution in [3.8, 4) is 0 Å². The molecule has 216 valence electrons. The summed E-state index contributed by atoms with van der Waals surface area (Å²) in [5, 5.41) is 0. The van der Waals surface area contributed by atoms with Crippen LogP contribution < -0.4 is 0 Å². The molecular formula is C31H43Cl2FN2O3. The molecule has 8 heteroatoms. The number of ketones is 1. The topological polar surface area (TPSA) is 49.9 Å². The van der Waals surface area contributed by atoms with E-state index in [4.69, 9.17) is 4.74 Å². The van der Waals surface area contributed by atoms with E-state index in [1.807, 2.05) is 25.1 Å². The van der Waals surface area contributed by atoms with E-state index in [-0.39, 0.29) is 42.4 Å². The summed E-state index contributed by atoms with van der Waals surface area (Å²) in [5.74, 6) is 0.533. The van der Waals surface area contributed by atoms with Gasteiger partial charge in [0.05, 0.1) is 6.61 Å². The predicted octanol–water partition coefficient (Wildman–Crippen LogP) is 6.64. The number of aryl methyl sites for hydroxylation is 1. The van der Waals surface area contributed by atoms with Crippen molar-refractivity contribution < 1.29 is 18.7 Å². The van der Waals surface area contributed by atoms with E-state index >= 15 is 0 Å². The first-order valence-corrected chi connectivity index (χ1v) is 14.0. The van der Waals surface area contributed by atoms with Gasteiger partial charge in [-0.3, -0.25) is 14.5 Å². The van der Waals surface area contributed by atoms with Crippen LogP contribution in [0.25, 0.3) is 0 Å². The minimum absolute atomic E-state index is 0. The van der Waals surface area contributed by atoms with Gasteiger partial charge in [-0.1, -0.05) is 24.3 Å². The molecule has 2 heterocycles. The number of benzene rings is 2. The first-order valence-electron chi connectivity index (χ1n) is 14.0. The van der Waals surface area contributed by atoms with Crippen LogP contribution in [0.2, 0.25) is 0 Å². The first kappa shape index (κ1) is 33.2. The average Bonchev–Trinajstić information content (AvgIpc) is 3.10. The summed E-state index contributed by atoms with van der Waals surface area (Å²) in [6.07, 6.45) is 7.25. The fourth-order valence-corrected chi connectivity index (χ4v) is 5.64. The lowest BCUT2D eigenvalue weighted by atomic mass is 9.89. The number of esters is 1. The molecule has 0 N–H and O–H groups in total. The molecule has 4 rings (SSSR count). The number of rotatable bonds is 11. The summed E-state index contributed by atoms with van der Waals surface area (Å²) in [4.78, 5) is 29.4. The number of carbonyl (C=O) groups excluding carboxylic acids is 2. The molecule has 0 unspecified atom stereocenters. The van der Waals surface area contributed by atoms with Crippen LogP contribution >= 0.6 is 24.8 Å². The van der Waals surface area contributed by atoms with Crippen LogP contribution in [-0.2, 0) is 29.0 Å². The van der Waals surface area contributed by atoms with Crippen molar-refractivity contribution >= 4 is 36.6 Å². The van der Waals surface area contributed by atoms with Crippen LogP contribution in [0.3, 0.4) is 0 Å². The molecule has 0 saturated carbocycles. The van der Waals surface area contributed by atoms with Crippen LogP contribution in [0.1, 0.15) is 78.9 Å². The Morgan fingerprint density at radius 1 is 0.949 bits per heavy atom. The fraction of sp³-hybridized carbons (Fsp3) is 0.548. The van der Waals surface area contributed by atoms with Gasteiger partial charge in [-0.2, -0.15) is 0 Å². The highest BCUT2D eigenvalue weighted by Crippen LogP contribution is 2.25. The van der Waals surface area contributed by atoms with Crippen molar-refractivity contribution in [1.82, 2.24) is 9.80 Å². The van der Waals surface area contributed by atoms with Crippen molar-refractivity contribution in [2.24, 2.45) is 5.92 Å². The maximum absolute atomic E-state index is 13.3. The monoisotopic (exact) mass is 580 g/mol.